The Morgan fingerprint density at radius 2 is 2.03 bits per heavy atom. The predicted molar refractivity (Wildman–Crippen MR) is 116 cm³/mol. The standard InChI is InChI=1S/C22H26N6O/c1-15-4-3-5-17(12-15)20(16-6-7-16)26-25-19-13-18(28-8-10-29-11-9-28)21-22(24-19)27(2)14-23-21/h3-5,12-14,16H,6-11H2,1-2H3,(H,24,25)/b26-20+. The summed E-state index contributed by atoms with van der Waals surface area (Å²) in [7, 11) is 1.97. The van der Waals surface area contributed by atoms with E-state index >= 15 is 0 Å². The minimum Gasteiger partial charge on any atom is -0.378 e. The fourth-order valence-electron chi connectivity index (χ4n) is 3.85. The molecule has 1 aromatic carbocycles. The van der Waals surface area contributed by atoms with Crippen molar-refractivity contribution in [3.8, 4) is 0 Å². The number of benzene rings is 1. The summed E-state index contributed by atoms with van der Waals surface area (Å²) in [6.45, 7) is 5.30. The van der Waals surface area contributed by atoms with Crippen LogP contribution in [0.2, 0.25) is 0 Å². The number of imidazole rings is 1. The Morgan fingerprint density at radius 3 is 2.79 bits per heavy atom. The number of pyridine rings is 1. The Labute approximate surface area is 170 Å². The molecule has 7 nitrogen and oxygen atoms in total. The number of rotatable bonds is 5. The molecule has 29 heavy (non-hydrogen) atoms. The van der Waals surface area contributed by atoms with Crippen LogP contribution < -0.4 is 10.3 Å². The van der Waals surface area contributed by atoms with E-state index in [2.05, 4.69) is 52.6 Å². The fraction of sp³-hybridized carbons (Fsp3) is 0.409. The van der Waals surface area contributed by atoms with Gasteiger partial charge in [0.1, 0.15) is 5.52 Å². The minimum atomic E-state index is 0.531. The first-order valence-corrected chi connectivity index (χ1v) is 10.2. The van der Waals surface area contributed by atoms with Crippen LogP contribution in [0.3, 0.4) is 0 Å². The normalized spacial score (nSPS) is 17.7. The molecule has 2 aromatic heterocycles. The molecule has 2 aliphatic rings. The third-order valence-corrected chi connectivity index (χ3v) is 5.57. The molecule has 0 atom stereocenters. The van der Waals surface area contributed by atoms with Gasteiger partial charge >= 0.3 is 0 Å². The van der Waals surface area contributed by atoms with Crippen LogP contribution in [0.15, 0.2) is 41.8 Å². The maximum atomic E-state index is 5.52. The molecule has 7 heteroatoms. The molecule has 0 unspecified atom stereocenters. The van der Waals surface area contributed by atoms with Crippen molar-refractivity contribution in [2.75, 3.05) is 36.6 Å². The largest absolute Gasteiger partial charge is 0.378 e. The summed E-state index contributed by atoms with van der Waals surface area (Å²) >= 11 is 0. The monoisotopic (exact) mass is 390 g/mol. The summed E-state index contributed by atoms with van der Waals surface area (Å²) in [6.07, 6.45) is 4.21. The van der Waals surface area contributed by atoms with Gasteiger partial charge in [-0.3, -0.25) is 5.43 Å². The molecule has 2 fully saturated rings. The van der Waals surface area contributed by atoms with E-state index in [0.717, 1.165) is 54.7 Å². The van der Waals surface area contributed by atoms with Crippen LogP contribution in [-0.4, -0.2) is 46.6 Å². The molecule has 1 saturated carbocycles. The van der Waals surface area contributed by atoms with Crippen LogP contribution in [0.1, 0.15) is 24.0 Å². The Kier molecular flexibility index (Phi) is 4.67. The van der Waals surface area contributed by atoms with Crippen LogP contribution in [0.5, 0.6) is 0 Å². The number of aromatic nitrogens is 3. The topological polar surface area (TPSA) is 67.6 Å². The van der Waals surface area contributed by atoms with Crippen molar-refractivity contribution >= 4 is 28.4 Å². The van der Waals surface area contributed by atoms with Gasteiger partial charge in [0.25, 0.3) is 0 Å². The molecular formula is C22H26N6O. The second-order valence-electron chi connectivity index (χ2n) is 7.91. The summed E-state index contributed by atoms with van der Waals surface area (Å²) < 4.78 is 7.47. The summed E-state index contributed by atoms with van der Waals surface area (Å²) in [6, 6.07) is 10.6. The summed E-state index contributed by atoms with van der Waals surface area (Å²) in [5.74, 6) is 1.27. The quantitative estimate of drug-likeness (QED) is 0.535. The van der Waals surface area contributed by atoms with E-state index < -0.39 is 0 Å². The van der Waals surface area contributed by atoms with E-state index in [0.29, 0.717) is 5.92 Å². The zero-order chi connectivity index (χ0) is 19.8. The van der Waals surface area contributed by atoms with E-state index in [9.17, 15) is 0 Å². The lowest BCUT2D eigenvalue weighted by Gasteiger charge is -2.29. The summed E-state index contributed by atoms with van der Waals surface area (Å²) in [4.78, 5) is 11.7. The van der Waals surface area contributed by atoms with Gasteiger partial charge in [-0.15, -0.1) is 0 Å². The maximum Gasteiger partial charge on any atom is 0.164 e. The second-order valence-corrected chi connectivity index (χ2v) is 7.91. The van der Waals surface area contributed by atoms with Gasteiger partial charge in [-0.05, 0) is 25.3 Å². The van der Waals surface area contributed by atoms with Crippen molar-refractivity contribution < 1.29 is 4.74 Å². The highest BCUT2D eigenvalue weighted by Crippen LogP contribution is 2.34. The number of hydrazone groups is 1. The summed E-state index contributed by atoms with van der Waals surface area (Å²) in [5, 5.41) is 4.81. The third kappa shape index (κ3) is 3.70. The van der Waals surface area contributed by atoms with Gasteiger partial charge in [0, 0.05) is 32.1 Å². The Bertz CT molecular complexity index is 1060. The lowest BCUT2D eigenvalue weighted by atomic mass is 10.0. The zero-order valence-corrected chi connectivity index (χ0v) is 16.9. The SMILES string of the molecule is Cc1cccc(/C(=N/Nc2cc(N3CCOCC3)c3ncn(C)c3n2)C2CC2)c1. The second kappa shape index (κ2) is 7.48. The number of hydrogen-bond acceptors (Lipinski definition) is 6. The van der Waals surface area contributed by atoms with E-state index in [4.69, 9.17) is 14.8 Å². The smallest absolute Gasteiger partial charge is 0.164 e. The van der Waals surface area contributed by atoms with Crippen LogP contribution in [-0.2, 0) is 11.8 Å². The first kappa shape index (κ1) is 18.1. The first-order valence-electron chi connectivity index (χ1n) is 10.2. The van der Waals surface area contributed by atoms with E-state index in [1.54, 1.807) is 0 Å². The van der Waals surface area contributed by atoms with E-state index in [-0.39, 0.29) is 0 Å². The molecule has 150 valence electrons. The van der Waals surface area contributed by atoms with Crippen molar-refractivity contribution in [2.45, 2.75) is 19.8 Å². The first-order chi connectivity index (χ1) is 14.2. The van der Waals surface area contributed by atoms with Gasteiger partial charge in [-0.1, -0.05) is 29.8 Å². The highest BCUT2D eigenvalue weighted by atomic mass is 16.5. The van der Waals surface area contributed by atoms with Crippen LogP contribution in [0, 0.1) is 12.8 Å². The van der Waals surface area contributed by atoms with Gasteiger partial charge < -0.3 is 14.2 Å². The van der Waals surface area contributed by atoms with Crippen LogP contribution >= 0.6 is 0 Å². The van der Waals surface area contributed by atoms with Crippen LogP contribution in [0.4, 0.5) is 11.5 Å². The number of nitrogens with one attached hydrogen (secondary N) is 1. The molecule has 1 aliphatic carbocycles. The highest BCUT2D eigenvalue weighted by Gasteiger charge is 2.29. The van der Waals surface area contributed by atoms with Crippen molar-refractivity contribution in [3.05, 3.63) is 47.8 Å². The molecule has 0 radical (unpaired) electrons. The summed E-state index contributed by atoms with van der Waals surface area (Å²) in [5.41, 5.74) is 9.67. The molecule has 3 heterocycles. The van der Waals surface area contributed by atoms with Crippen LogP contribution in [0.25, 0.3) is 11.2 Å². The number of ether oxygens (including phenoxy) is 1. The average molecular weight is 390 g/mol. The number of hydrogen-bond donors (Lipinski definition) is 1. The molecular weight excluding hydrogens is 364 g/mol. The maximum absolute atomic E-state index is 5.52. The molecule has 0 bridgehead atoms. The molecule has 1 saturated heterocycles. The lowest BCUT2D eigenvalue weighted by molar-refractivity contribution is 0.123. The minimum absolute atomic E-state index is 0.531. The molecule has 0 amide bonds. The van der Waals surface area contributed by atoms with Gasteiger partial charge in [-0.25, -0.2) is 9.97 Å². The highest BCUT2D eigenvalue weighted by molar-refractivity contribution is 6.04. The van der Waals surface area contributed by atoms with Crippen molar-refractivity contribution in [1.82, 2.24) is 14.5 Å². The Hall–Kier alpha value is -2.93. The van der Waals surface area contributed by atoms with Gasteiger partial charge in [0.2, 0.25) is 0 Å². The average Bonchev–Trinajstić information content (AvgIpc) is 3.51. The van der Waals surface area contributed by atoms with Gasteiger partial charge in [0.05, 0.1) is 30.9 Å². The van der Waals surface area contributed by atoms with Crippen molar-refractivity contribution in [2.24, 2.45) is 18.1 Å². The number of fused-ring (bicyclic) bond motifs is 1. The Morgan fingerprint density at radius 1 is 1.21 bits per heavy atom. The number of morpholine rings is 1. The number of aryl methyl sites for hydroxylation is 2. The molecule has 0 spiro atoms. The Balaban J connectivity index is 1.51. The van der Waals surface area contributed by atoms with Crippen molar-refractivity contribution in [3.63, 3.8) is 0 Å². The molecule has 1 aliphatic heterocycles. The zero-order valence-electron chi connectivity index (χ0n) is 16.9. The van der Waals surface area contributed by atoms with E-state index in [1.807, 2.05) is 17.9 Å². The predicted octanol–water partition coefficient (Wildman–Crippen LogP) is 3.34. The molecule has 1 N–H and O–H groups in total. The lowest BCUT2D eigenvalue weighted by Crippen LogP contribution is -2.36. The molecule has 3 aromatic rings. The van der Waals surface area contributed by atoms with Gasteiger partial charge in [-0.2, -0.15) is 5.10 Å². The third-order valence-electron chi connectivity index (χ3n) is 5.57. The molecule has 5 rings (SSSR count). The number of anilines is 2. The number of nitrogens with zero attached hydrogens (tertiary/aromatic N) is 5. The van der Waals surface area contributed by atoms with Gasteiger partial charge in [0.15, 0.2) is 11.5 Å². The van der Waals surface area contributed by atoms with Crippen molar-refractivity contribution in [1.29, 1.82) is 0 Å². The van der Waals surface area contributed by atoms with E-state index in [1.165, 1.54) is 24.0 Å². The fourth-order valence-corrected chi connectivity index (χ4v) is 3.85.